The van der Waals surface area contributed by atoms with Gasteiger partial charge in [-0.05, 0) is 6.07 Å². The van der Waals surface area contributed by atoms with Gasteiger partial charge in [0.25, 0.3) is 7.82 Å². The van der Waals surface area contributed by atoms with Crippen molar-refractivity contribution in [2.24, 2.45) is 5.92 Å². The van der Waals surface area contributed by atoms with E-state index in [0.717, 1.165) is 17.7 Å². The van der Waals surface area contributed by atoms with Crippen LogP contribution in [0.15, 0.2) is 17.1 Å². The standard InChI is InChI=1S/C21H33N4O15P/c1-8(11(29)6-26)17-14(23-9(2)27)10(28)5-21(39-17,19(32)33)40-41(35,36)37-7-12-15(30)16(31)18(38-12)25-4-3-13(22)24-20(25)34/h3-4,8,10-12,14-18,26,28-31H,5-7H2,1-2H3,(H,23,27)(H,32,33)(H,35,36)(H2,22,24,34)/p-2/t8-,10?,11-,12?,14?,15?,16?,17?,18?,21?/m1/s1. The second-order valence-corrected chi connectivity index (χ2v) is 11.0. The number of phosphoric ester groups is 1. The molecule has 11 atom stereocenters. The molecule has 0 spiro atoms. The summed E-state index contributed by atoms with van der Waals surface area (Å²) in [4.78, 5) is 52.0. The van der Waals surface area contributed by atoms with Crippen molar-refractivity contribution in [1.82, 2.24) is 14.9 Å². The molecule has 0 saturated carbocycles. The highest BCUT2D eigenvalue weighted by atomic mass is 31.2. The number of aliphatic carboxylic acids is 1. The van der Waals surface area contributed by atoms with E-state index in [2.05, 4.69) is 14.8 Å². The quantitative estimate of drug-likeness (QED) is 0.115. The average molecular weight is 610 g/mol. The summed E-state index contributed by atoms with van der Waals surface area (Å²) in [5, 5.41) is 65.1. The Labute approximate surface area is 231 Å². The van der Waals surface area contributed by atoms with Gasteiger partial charge >= 0.3 is 5.69 Å². The SMILES string of the molecule is CC(=O)NC1C(O)CC(OP(=O)([O-])OCC2OC(n3ccc(N)nc3=O)C(O)C2O)(C(=O)[O-])OC1[C@H](C)[C@H](O)CO. The molecular weight excluding hydrogens is 579 g/mol. The summed E-state index contributed by atoms with van der Waals surface area (Å²) >= 11 is 0. The molecule has 8 N–H and O–H groups in total. The number of ether oxygens (including phenoxy) is 2. The molecule has 2 aliphatic heterocycles. The van der Waals surface area contributed by atoms with Crippen LogP contribution >= 0.6 is 7.82 Å². The molecule has 0 bridgehead atoms. The number of aromatic nitrogens is 2. The minimum Gasteiger partial charge on any atom is -0.756 e. The number of hydrogen-bond donors (Lipinski definition) is 7. The lowest BCUT2D eigenvalue weighted by Crippen LogP contribution is -2.68. The van der Waals surface area contributed by atoms with Crippen LogP contribution in [0.25, 0.3) is 0 Å². The fraction of sp³-hybridized carbons (Fsp3) is 0.714. The highest BCUT2D eigenvalue weighted by Crippen LogP contribution is 2.48. The van der Waals surface area contributed by atoms with Crippen LogP contribution in [-0.2, 0) is 32.7 Å². The number of carboxylic acid groups (broad SMARTS) is 1. The number of carboxylic acids is 1. The van der Waals surface area contributed by atoms with Crippen molar-refractivity contribution in [1.29, 1.82) is 0 Å². The smallest absolute Gasteiger partial charge is 0.351 e. The molecule has 41 heavy (non-hydrogen) atoms. The molecule has 9 unspecified atom stereocenters. The maximum atomic E-state index is 12.7. The van der Waals surface area contributed by atoms with Crippen molar-refractivity contribution in [2.45, 2.75) is 74.9 Å². The number of carbonyl (C=O) groups excluding carboxylic acids is 2. The zero-order valence-corrected chi connectivity index (χ0v) is 22.6. The van der Waals surface area contributed by atoms with Crippen molar-refractivity contribution < 1.29 is 68.2 Å². The Morgan fingerprint density at radius 1 is 1.37 bits per heavy atom. The molecular formula is C21H31N4O15P-2. The van der Waals surface area contributed by atoms with E-state index in [-0.39, 0.29) is 5.82 Å². The number of hydrogen-bond acceptors (Lipinski definition) is 17. The van der Waals surface area contributed by atoms with Crippen LogP contribution in [-0.4, -0.2) is 109 Å². The number of phosphoric acid groups is 1. The van der Waals surface area contributed by atoms with E-state index in [9.17, 15) is 54.5 Å². The molecule has 19 nitrogen and oxygen atoms in total. The van der Waals surface area contributed by atoms with Gasteiger partial charge in [-0.3, -0.25) is 18.5 Å². The third-order valence-electron chi connectivity index (χ3n) is 6.68. The lowest BCUT2D eigenvalue weighted by molar-refractivity contribution is -0.376. The third-order valence-corrected chi connectivity index (χ3v) is 7.67. The van der Waals surface area contributed by atoms with Crippen molar-refractivity contribution in [3.8, 4) is 0 Å². The predicted molar refractivity (Wildman–Crippen MR) is 127 cm³/mol. The summed E-state index contributed by atoms with van der Waals surface area (Å²) in [6, 6.07) is -0.159. The summed E-state index contributed by atoms with van der Waals surface area (Å²) in [7, 11) is -5.72. The van der Waals surface area contributed by atoms with Crippen molar-refractivity contribution >= 4 is 25.5 Å². The van der Waals surface area contributed by atoms with Crippen LogP contribution in [0.3, 0.4) is 0 Å². The molecule has 3 rings (SSSR count). The molecule has 0 aliphatic carbocycles. The molecule has 2 aliphatic rings. The van der Waals surface area contributed by atoms with E-state index in [4.69, 9.17) is 19.7 Å². The molecule has 232 valence electrons. The number of aliphatic hydroxyl groups is 5. The lowest BCUT2D eigenvalue weighted by Gasteiger charge is -2.50. The van der Waals surface area contributed by atoms with Crippen LogP contribution in [0.4, 0.5) is 5.82 Å². The maximum absolute atomic E-state index is 12.7. The molecule has 1 amide bonds. The third kappa shape index (κ3) is 7.27. The Morgan fingerprint density at radius 2 is 2.02 bits per heavy atom. The Balaban J connectivity index is 1.79. The number of rotatable bonds is 11. The number of nitrogens with zero attached hydrogens (tertiary/aromatic N) is 2. The van der Waals surface area contributed by atoms with Gasteiger partial charge in [0, 0.05) is 25.5 Å². The topological polar surface area (TPSA) is 308 Å². The molecule has 1 aromatic heterocycles. The Hall–Kier alpha value is -2.55. The summed E-state index contributed by atoms with van der Waals surface area (Å²) in [6.45, 7) is 0.473. The number of nitrogens with one attached hydrogen (secondary N) is 1. The molecule has 20 heteroatoms. The molecule has 0 aromatic carbocycles. The van der Waals surface area contributed by atoms with Crippen molar-refractivity contribution in [2.75, 3.05) is 18.9 Å². The number of anilines is 1. The van der Waals surface area contributed by atoms with Crippen LogP contribution in [0.1, 0.15) is 26.5 Å². The van der Waals surface area contributed by atoms with Gasteiger partial charge in [-0.15, -0.1) is 0 Å². The van der Waals surface area contributed by atoms with Crippen LogP contribution < -0.4 is 26.7 Å². The summed E-state index contributed by atoms with van der Waals surface area (Å²) < 4.78 is 33.6. The van der Waals surface area contributed by atoms with Crippen molar-refractivity contribution in [3.63, 3.8) is 0 Å². The first kappa shape index (κ1) is 33.0. The molecule has 2 fully saturated rings. The van der Waals surface area contributed by atoms with E-state index in [1.807, 2.05) is 0 Å². The Kier molecular flexibility index (Phi) is 10.3. The van der Waals surface area contributed by atoms with Gasteiger partial charge < -0.3 is 65.4 Å². The van der Waals surface area contributed by atoms with E-state index in [0.29, 0.717) is 0 Å². The number of aliphatic hydroxyl groups excluding tert-OH is 5. The van der Waals surface area contributed by atoms with Crippen LogP contribution in [0, 0.1) is 5.92 Å². The maximum Gasteiger partial charge on any atom is 0.351 e. The van der Waals surface area contributed by atoms with Gasteiger partial charge in [-0.1, -0.05) is 6.92 Å². The second-order valence-electron chi connectivity index (χ2n) is 9.65. The summed E-state index contributed by atoms with van der Waals surface area (Å²) in [5.74, 6) is -7.49. The van der Waals surface area contributed by atoms with Gasteiger partial charge in [0.15, 0.2) is 6.23 Å². The number of nitrogen functional groups attached to an aromatic ring is 1. The van der Waals surface area contributed by atoms with Gasteiger partial charge in [0.2, 0.25) is 11.7 Å². The van der Waals surface area contributed by atoms with E-state index in [1.165, 1.54) is 13.0 Å². The van der Waals surface area contributed by atoms with E-state index in [1.54, 1.807) is 0 Å². The average Bonchev–Trinajstić information content (AvgIpc) is 3.16. The molecule has 0 radical (unpaired) electrons. The highest BCUT2D eigenvalue weighted by Gasteiger charge is 2.53. The van der Waals surface area contributed by atoms with E-state index >= 15 is 0 Å². The normalized spacial score (nSPS) is 34.9. The van der Waals surface area contributed by atoms with Crippen molar-refractivity contribution in [3.05, 3.63) is 22.7 Å². The van der Waals surface area contributed by atoms with Gasteiger partial charge in [-0.2, -0.15) is 4.98 Å². The highest BCUT2D eigenvalue weighted by molar-refractivity contribution is 7.45. The Morgan fingerprint density at radius 3 is 2.59 bits per heavy atom. The number of nitrogens with two attached hydrogens (primary N) is 1. The van der Waals surface area contributed by atoms with Crippen LogP contribution in [0.5, 0.6) is 0 Å². The number of amides is 1. The fourth-order valence-electron chi connectivity index (χ4n) is 4.51. The van der Waals surface area contributed by atoms with Gasteiger partial charge in [0.05, 0.1) is 37.6 Å². The summed E-state index contributed by atoms with van der Waals surface area (Å²) in [6.07, 6.45) is -11.6. The van der Waals surface area contributed by atoms with Gasteiger partial charge in [0.1, 0.15) is 30.1 Å². The predicted octanol–water partition coefficient (Wildman–Crippen LogP) is -5.96. The fourth-order valence-corrected chi connectivity index (χ4v) is 5.45. The minimum absolute atomic E-state index is 0.133. The van der Waals surface area contributed by atoms with Crippen LogP contribution in [0.2, 0.25) is 0 Å². The zero-order chi connectivity index (χ0) is 30.9. The Bertz CT molecular complexity index is 1220. The number of carbonyl (C=O) groups is 2. The van der Waals surface area contributed by atoms with Gasteiger partial charge in [-0.25, -0.2) is 4.79 Å². The lowest BCUT2D eigenvalue weighted by atomic mass is 9.84. The van der Waals surface area contributed by atoms with E-state index < -0.39 is 106 Å². The largest absolute Gasteiger partial charge is 0.756 e. The summed E-state index contributed by atoms with van der Waals surface area (Å²) in [5.41, 5.74) is 4.47. The minimum atomic E-state index is -5.72. The first-order valence-electron chi connectivity index (χ1n) is 12.2. The first-order valence-corrected chi connectivity index (χ1v) is 13.6. The first-order chi connectivity index (χ1) is 19.0. The molecule has 1 aromatic rings. The monoisotopic (exact) mass is 610 g/mol. The molecule has 2 saturated heterocycles. The second kappa shape index (κ2) is 12.8. The zero-order valence-electron chi connectivity index (χ0n) is 21.7. The molecule has 3 heterocycles.